The Morgan fingerprint density at radius 2 is 2.17 bits per heavy atom. The Morgan fingerprint density at radius 1 is 1.33 bits per heavy atom. The first-order valence-electron chi connectivity index (χ1n) is 6.89. The summed E-state index contributed by atoms with van der Waals surface area (Å²) in [5.74, 6) is 1.51. The fourth-order valence-electron chi connectivity index (χ4n) is 4.55. The second kappa shape index (κ2) is 3.41. The zero-order chi connectivity index (χ0) is 12.5. The summed E-state index contributed by atoms with van der Waals surface area (Å²) in [5, 5.41) is 4.23. The molecule has 2 nitrogen and oxygen atoms in total. The number of hydrogen-bond acceptors (Lipinski definition) is 3. The van der Waals surface area contributed by atoms with E-state index in [1.54, 1.807) is 11.3 Å². The van der Waals surface area contributed by atoms with Crippen molar-refractivity contribution in [2.75, 3.05) is 0 Å². The van der Waals surface area contributed by atoms with Crippen LogP contribution < -0.4 is 5.46 Å². The maximum Gasteiger partial charge on any atom is 0.495 e. The van der Waals surface area contributed by atoms with Gasteiger partial charge in [0.2, 0.25) is 0 Å². The summed E-state index contributed by atoms with van der Waals surface area (Å²) in [4.78, 5) is 0. The second-order valence-electron chi connectivity index (χ2n) is 6.80. The Labute approximate surface area is 113 Å². The number of thiophene rings is 1. The maximum absolute atomic E-state index is 6.37. The van der Waals surface area contributed by atoms with Crippen molar-refractivity contribution in [3.05, 3.63) is 16.8 Å². The largest absolute Gasteiger partial charge is 0.495 e. The predicted molar refractivity (Wildman–Crippen MR) is 74.1 cm³/mol. The van der Waals surface area contributed by atoms with Crippen LogP contribution in [0.3, 0.4) is 0 Å². The molecule has 0 amide bonds. The van der Waals surface area contributed by atoms with Gasteiger partial charge in [-0.05, 0) is 53.2 Å². The summed E-state index contributed by atoms with van der Waals surface area (Å²) >= 11 is 1.71. The Hall–Kier alpha value is -0.315. The SMILES string of the molecule is CC1(C)[C@@H]2CC[C@@H]3OB(c4ccsc4)O[C@@]3(C)[C@H]21. The lowest BCUT2D eigenvalue weighted by atomic mass is 9.81. The molecule has 0 radical (unpaired) electrons. The van der Waals surface area contributed by atoms with Gasteiger partial charge in [-0.25, -0.2) is 0 Å². The highest BCUT2D eigenvalue weighted by Crippen LogP contribution is 2.70. The van der Waals surface area contributed by atoms with Gasteiger partial charge in [-0.1, -0.05) is 19.9 Å². The van der Waals surface area contributed by atoms with Gasteiger partial charge in [-0.15, -0.1) is 0 Å². The zero-order valence-electron chi connectivity index (χ0n) is 11.2. The number of rotatable bonds is 1. The molecule has 0 N–H and O–H groups in total. The van der Waals surface area contributed by atoms with E-state index >= 15 is 0 Å². The van der Waals surface area contributed by atoms with E-state index in [1.165, 1.54) is 11.9 Å². The molecule has 3 aliphatic rings. The van der Waals surface area contributed by atoms with Crippen molar-refractivity contribution in [2.24, 2.45) is 17.3 Å². The zero-order valence-corrected chi connectivity index (χ0v) is 12.0. The van der Waals surface area contributed by atoms with Gasteiger partial charge in [-0.2, -0.15) is 11.3 Å². The maximum atomic E-state index is 6.37. The van der Waals surface area contributed by atoms with Crippen molar-refractivity contribution in [1.29, 1.82) is 0 Å². The molecule has 1 aromatic heterocycles. The smallest absolute Gasteiger partial charge is 0.401 e. The van der Waals surface area contributed by atoms with Crippen LogP contribution in [0.25, 0.3) is 0 Å². The lowest BCUT2D eigenvalue weighted by molar-refractivity contribution is 0.000212. The first-order valence-corrected chi connectivity index (χ1v) is 7.83. The van der Waals surface area contributed by atoms with Crippen molar-refractivity contribution >= 4 is 23.9 Å². The summed E-state index contributed by atoms with van der Waals surface area (Å²) in [7, 11) is -0.138. The van der Waals surface area contributed by atoms with Crippen molar-refractivity contribution in [3.63, 3.8) is 0 Å². The van der Waals surface area contributed by atoms with Crippen LogP contribution in [0.2, 0.25) is 0 Å². The fraction of sp³-hybridized carbons (Fsp3) is 0.714. The third-order valence-electron chi connectivity index (χ3n) is 5.51. The highest BCUT2D eigenvalue weighted by molar-refractivity contribution is 7.09. The van der Waals surface area contributed by atoms with Gasteiger partial charge in [0.05, 0.1) is 11.7 Å². The van der Waals surface area contributed by atoms with Crippen LogP contribution in [0.5, 0.6) is 0 Å². The van der Waals surface area contributed by atoms with Gasteiger partial charge in [0.25, 0.3) is 0 Å². The molecule has 0 bridgehead atoms. The van der Waals surface area contributed by atoms with E-state index in [4.69, 9.17) is 9.31 Å². The molecule has 96 valence electrons. The van der Waals surface area contributed by atoms with Gasteiger partial charge in [0.15, 0.2) is 0 Å². The van der Waals surface area contributed by atoms with Gasteiger partial charge >= 0.3 is 7.12 Å². The van der Waals surface area contributed by atoms with E-state index in [0.717, 1.165) is 12.3 Å². The Balaban J connectivity index is 1.64. The van der Waals surface area contributed by atoms with Crippen LogP contribution in [0.4, 0.5) is 0 Å². The summed E-state index contributed by atoms with van der Waals surface area (Å²) < 4.78 is 12.6. The van der Waals surface area contributed by atoms with E-state index in [0.29, 0.717) is 11.3 Å². The molecule has 0 spiro atoms. The van der Waals surface area contributed by atoms with Gasteiger partial charge in [-0.3, -0.25) is 0 Å². The monoisotopic (exact) mass is 262 g/mol. The minimum Gasteiger partial charge on any atom is -0.401 e. The lowest BCUT2D eigenvalue weighted by Gasteiger charge is -2.34. The van der Waals surface area contributed by atoms with Crippen LogP contribution in [0.15, 0.2) is 16.8 Å². The average molecular weight is 262 g/mol. The van der Waals surface area contributed by atoms with Crippen molar-refractivity contribution in [3.8, 4) is 0 Å². The van der Waals surface area contributed by atoms with Gasteiger partial charge in [0, 0.05) is 0 Å². The fourth-order valence-corrected chi connectivity index (χ4v) is 5.22. The molecule has 3 fully saturated rings. The van der Waals surface area contributed by atoms with Crippen LogP contribution in [-0.2, 0) is 9.31 Å². The van der Waals surface area contributed by atoms with E-state index in [1.807, 2.05) is 0 Å². The average Bonchev–Trinajstić information content (AvgIpc) is 2.77. The molecule has 4 heteroatoms. The quantitative estimate of drug-likeness (QED) is 0.724. The highest BCUT2D eigenvalue weighted by atomic mass is 32.1. The van der Waals surface area contributed by atoms with E-state index in [2.05, 4.69) is 37.6 Å². The van der Waals surface area contributed by atoms with E-state index in [-0.39, 0.29) is 18.8 Å². The van der Waals surface area contributed by atoms with Crippen LogP contribution in [0, 0.1) is 17.3 Å². The minimum atomic E-state index is -0.138. The molecule has 18 heavy (non-hydrogen) atoms. The van der Waals surface area contributed by atoms with Crippen LogP contribution in [-0.4, -0.2) is 18.8 Å². The molecule has 0 aromatic carbocycles. The summed E-state index contributed by atoms with van der Waals surface area (Å²) in [6, 6.07) is 2.12. The van der Waals surface area contributed by atoms with Crippen molar-refractivity contribution in [2.45, 2.75) is 45.3 Å². The third-order valence-corrected chi connectivity index (χ3v) is 6.21. The van der Waals surface area contributed by atoms with Gasteiger partial charge < -0.3 is 9.31 Å². The molecule has 2 heterocycles. The molecule has 1 aromatic rings. The Morgan fingerprint density at radius 3 is 2.89 bits per heavy atom. The second-order valence-corrected chi connectivity index (χ2v) is 7.58. The molecular formula is C14H19BO2S. The van der Waals surface area contributed by atoms with E-state index in [9.17, 15) is 0 Å². The van der Waals surface area contributed by atoms with E-state index < -0.39 is 0 Å². The first-order chi connectivity index (χ1) is 8.53. The third kappa shape index (κ3) is 1.32. The van der Waals surface area contributed by atoms with Crippen molar-refractivity contribution < 1.29 is 9.31 Å². The predicted octanol–water partition coefficient (Wildman–Crippen LogP) is 2.68. The standard InChI is InChI=1S/C14H19BO2S/c1-13(2)10-4-5-11-14(3,12(10)13)17-15(16-11)9-6-7-18-8-9/h6-8,10-12H,4-5H2,1-3H3/t10-,11+,12-,14-/m1/s1. The topological polar surface area (TPSA) is 18.5 Å². The minimum absolute atomic E-state index is 0.0704. The normalized spacial score (nSPS) is 44.6. The lowest BCUT2D eigenvalue weighted by Crippen LogP contribution is -2.43. The molecule has 1 saturated heterocycles. The molecule has 4 atom stereocenters. The highest BCUT2D eigenvalue weighted by Gasteiger charge is 2.72. The summed E-state index contributed by atoms with van der Waals surface area (Å²) in [6.45, 7) is 7.05. The molecular weight excluding hydrogens is 243 g/mol. The molecule has 4 rings (SSSR count). The molecule has 2 aliphatic carbocycles. The Kier molecular flexibility index (Phi) is 2.18. The summed E-state index contributed by atoms with van der Waals surface area (Å²) in [6.07, 6.45) is 2.74. The number of hydrogen-bond donors (Lipinski definition) is 0. The molecule has 2 saturated carbocycles. The van der Waals surface area contributed by atoms with Crippen molar-refractivity contribution in [1.82, 2.24) is 0 Å². The summed E-state index contributed by atoms with van der Waals surface area (Å²) in [5.41, 5.74) is 1.56. The molecule has 0 unspecified atom stereocenters. The first kappa shape index (κ1) is 11.5. The van der Waals surface area contributed by atoms with Gasteiger partial charge in [0.1, 0.15) is 0 Å². The Bertz CT molecular complexity index is 472. The van der Waals surface area contributed by atoms with Crippen LogP contribution >= 0.6 is 11.3 Å². The van der Waals surface area contributed by atoms with Crippen LogP contribution in [0.1, 0.15) is 33.6 Å². The molecule has 1 aliphatic heterocycles. The number of fused-ring (bicyclic) bond motifs is 3.